The van der Waals surface area contributed by atoms with E-state index < -0.39 is 54.3 Å². The Morgan fingerprint density at radius 1 is 1.09 bits per heavy atom. The van der Waals surface area contributed by atoms with Crippen molar-refractivity contribution in [3.63, 3.8) is 0 Å². The van der Waals surface area contributed by atoms with Crippen LogP contribution >= 0.6 is 0 Å². The van der Waals surface area contributed by atoms with Gasteiger partial charge in [-0.3, -0.25) is 14.4 Å². The molecule has 1 saturated heterocycles. The van der Waals surface area contributed by atoms with Gasteiger partial charge in [-0.25, -0.2) is 4.39 Å². The van der Waals surface area contributed by atoms with Gasteiger partial charge in [-0.1, -0.05) is 27.7 Å². The van der Waals surface area contributed by atoms with E-state index in [1.54, 1.807) is 0 Å². The summed E-state index contributed by atoms with van der Waals surface area (Å²) in [7, 11) is 0. The van der Waals surface area contributed by atoms with E-state index >= 15 is 0 Å². The monoisotopic (exact) mass is 452 g/mol. The second-order valence-corrected chi connectivity index (χ2v) is 9.11. The van der Waals surface area contributed by atoms with E-state index in [1.165, 1.54) is 18.2 Å². The Labute approximate surface area is 187 Å². The molecule has 0 bridgehead atoms. The third-order valence-electron chi connectivity index (χ3n) is 5.28. The predicted octanol–water partition coefficient (Wildman–Crippen LogP) is 0.976. The summed E-state index contributed by atoms with van der Waals surface area (Å²) in [4.78, 5) is 38.1. The van der Waals surface area contributed by atoms with Crippen LogP contribution in [0.3, 0.4) is 0 Å². The molecular weight excluding hydrogens is 419 g/mol. The molecule has 32 heavy (non-hydrogen) atoms. The van der Waals surface area contributed by atoms with Gasteiger partial charge >= 0.3 is 0 Å². The normalized spacial score (nSPS) is 19.5. The van der Waals surface area contributed by atoms with Crippen LogP contribution in [0.1, 0.15) is 50.0 Å². The summed E-state index contributed by atoms with van der Waals surface area (Å²) in [6.45, 7) is 6.51. The lowest BCUT2D eigenvalue weighted by atomic mass is 9.92. The van der Waals surface area contributed by atoms with Gasteiger partial charge in [0.2, 0.25) is 5.91 Å². The van der Waals surface area contributed by atoms with Crippen molar-refractivity contribution >= 4 is 17.6 Å². The highest BCUT2D eigenvalue weighted by Crippen LogP contribution is 2.30. The Morgan fingerprint density at radius 2 is 1.75 bits per heavy atom. The van der Waals surface area contributed by atoms with E-state index in [1.807, 2.05) is 27.7 Å². The zero-order chi connectivity index (χ0) is 24.1. The van der Waals surface area contributed by atoms with E-state index in [9.17, 15) is 29.0 Å². The van der Waals surface area contributed by atoms with Crippen LogP contribution in [0, 0.1) is 17.7 Å². The number of rotatable bonds is 12. The van der Waals surface area contributed by atoms with Gasteiger partial charge in [0.1, 0.15) is 11.9 Å². The molecule has 2 amide bonds. The molecule has 0 spiro atoms. The maximum absolute atomic E-state index is 14.0. The van der Waals surface area contributed by atoms with Gasteiger partial charge in [-0.2, -0.15) is 0 Å². The molecule has 0 aromatic heterocycles. The van der Waals surface area contributed by atoms with Crippen LogP contribution in [0.25, 0.3) is 0 Å². The molecule has 1 fully saturated rings. The number of ketones is 1. The summed E-state index contributed by atoms with van der Waals surface area (Å²) in [5.74, 6) is -2.00. The lowest BCUT2D eigenvalue weighted by Gasteiger charge is -2.24. The molecule has 0 radical (unpaired) electrons. The highest BCUT2D eigenvalue weighted by atomic mass is 19.1. The Hall–Kier alpha value is -2.36. The zero-order valence-corrected chi connectivity index (χ0v) is 19.0. The summed E-state index contributed by atoms with van der Waals surface area (Å²) in [5.41, 5.74) is -0.751. The molecule has 1 aliphatic heterocycles. The molecule has 0 saturated carbocycles. The molecule has 0 aliphatic carbocycles. The first-order valence-electron chi connectivity index (χ1n) is 10.8. The summed E-state index contributed by atoms with van der Waals surface area (Å²) >= 11 is 0. The number of ether oxygens (including phenoxy) is 1. The first kappa shape index (κ1) is 25.9. The first-order chi connectivity index (χ1) is 15.0. The van der Waals surface area contributed by atoms with Gasteiger partial charge in [0.05, 0.1) is 25.9 Å². The number of nitrogens with one attached hydrogen (secondary N) is 2. The van der Waals surface area contributed by atoms with Crippen molar-refractivity contribution in [3.05, 3.63) is 35.1 Å². The molecule has 1 aromatic carbocycles. The summed E-state index contributed by atoms with van der Waals surface area (Å²) < 4.78 is 19.1. The number of benzene rings is 1. The maximum Gasteiger partial charge on any atom is 0.252 e. The molecule has 9 heteroatoms. The zero-order valence-electron chi connectivity index (χ0n) is 19.0. The third kappa shape index (κ3) is 6.57. The predicted molar refractivity (Wildman–Crippen MR) is 115 cm³/mol. The van der Waals surface area contributed by atoms with Gasteiger partial charge in [0.25, 0.3) is 5.91 Å². The number of halogens is 1. The van der Waals surface area contributed by atoms with Gasteiger partial charge in [-0.15, -0.1) is 0 Å². The average Bonchev–Trinajstić information content (AvgIpc) is 3.52. The molecule has 1 aliphatic rings. The Bertz CT molecular complexity index is 838. The quantitative estimate of drug-likeness (QED) is 0.350. The van der Waals surface area contributed by atoms with Crippen molar-refractivity contribution in [2.75, 3.05) is 19.8 Å². The number of hydrogen-bond acceptors (Lipinski definition) is 6. The highest BCUT2D eigenvalue weighted by Gasteiger charge is 2.54. The van der Waals surface area contributed by atoms with Crippen molar-refractivity contribution in [2.45, 2.75) is 58.2 Å². The van der Waals surface area contributed by atoms with Gasteiger partial charge < -0.3 is 25.6 Å². The first-order valence-corrected chi connectivity index (χ1v) is 10.8. The smallest absolute Gasteiger partial charge is 0.252 e. The Balaban J connectivity index is 2.10. The van der Waals surface area contributed by atoms with Crippen LogP contribution in [-0.4, -0.2) is 65.3 Å². The number of carbonyl (C=O) groups excluding carboxylic acids is 3. The van der Waals surface area contributed by atoms with E-state index in [0.717, 1.165) is 0 Å². The number of hydrogen-bond donors (Lipinski definition) is 4. The number of epoxide rings is 1. The van der Waals surface area contributed by atoms with E-state index in [0.29, 0.717) is 18.4 Å². The minimum absolute atomic E-state index is 0.0551. The average molecular weight is 453 g/mol. The van der Waals surface area contributed by atoms with Crippen LogP contribution in [-0.2, 0) is 20.7 Å². The molecule has 1 aromatic rings. The van der Waals surface area contributed by atoms with Crippen LogP contribution < -0.4 is 10.6 Å². The highest BCUT2D eigenvalue weighted by molar-refractivity contribution is 6.00. The van der Waals surface area contributed by atoms with Crippen molar-refractivity contribution in [1.29, 1.82) is 0 Å². The number of amides is 2. The van der Waals surface area contributed by atoms with Gasteiger partial charge in [0.15, 0.2) is 11.4 Å². The van der Waals surface area contributed by atoms with E-state index in [4.69, 9.17) is 4.74 Å². The number of carbonyl (C=O) groups is 3. The lowest BCUT2D eigenvalue weighted by molar-refractivity contribution is -0.133. The molecule has 1 heterocycles. The summed E-state index contributed by atoms with van der Waals surface area (Å²) in [5, 5.41) is 24.1. The fraction of sp³-hybridized carbons (Fsp3) is 0.609. The molecule has 3 atom stereocenters. The van der Waals surface area contributed by atoms with Crippen molar-refractivity contribution < 1.29 is 33.7 Å². The van der Waals surface area contributed by atoms with Crippen LogP contribution in [0.5, 0.6) is 0 Å². The summed E-state index contributed by atoms with van der Waals surface area (Å²) in [6.07, 6.45) is 0.753. The molecule has 2 rings (SSSR count). The third-order valence-corrected chi connectivity index (χ3v) is 5.28. The summed E-state index contributed by atoms with van der Waals surface area (Å²) in [6, 6.07) is 1.68. The minimum atomic E-state index is -1.31. The number of aliphatic hydroxyl groups excluding tert-OH is 2. The van der Waals surface area contributed by atoms with E-state index in [-0.39, 0.29) is 24.0 Å². The van der Waals surface area contributed by atoms with E-state index in [2.05, 4.69) is 10.6 Å². The molecule has 4 N–H and O–H groups in total. The lowest BCUT2D eigenvalue weighted by Crippen LogP contribution is -2.55. The topological polar surface area (TPSA) is 128 Å². The Kier molecular flexibility index (Phi) is 8.89. The number of aliphatic hydroxyl groups is 2. The van der Waals surface area contributed by atoms with Crippen molar-refractivity contribution in [3.8, 4) is 0 Å². The van der Waals surface area contributed by atoms with Gasteiger partial charge in [0, 0.05) is 5.56 Å². The fourth-order valence-corrected chi connectivity index (χ4v) is 3.44. The van der Waals surface area contributed by atoms with Crippen molar-refractivity contribution in [1.82, 2.24) is 10.6 Å². The van der Waals surface area contributed by atoms with Crippen LogP contribution in [0.2, 0.25) is 0 Å². The standard InChI is InChI=1S/C23H33FN2O6/c1-13(2)7-16-9-15(5-6-17(16)24)21(30)26-19(10-27)22(31)25-18(8-14(3)4)20(29)23(11-28)12-32-23/h5-6,9,13-14,18-19,27-28H,7-8,10-12H2,1-4H3,(H,25,31)(H,26,30)/t18?,19-,23+/m0/s1. The van der Waals surface area contributed by atoms with Gasteiger partial charge in [-0.05, 0) is 48.4 Å². The largest absolute Gasteiger partial charge is 0.394 e. The number of Topliss-reactive ketones (excluding diaryl/α,β-unsaturated/α-hetero) is 1. The maximum atomic E-state index is 14.0. The molecule has 178 valence electrons. The fourth-order valence-electron chi connectivity index (χ4n) is 3.44. The molecule has 8 nitrogen and oxygen atoms in total. The second kappa shape index (κ2) is 11.0. The Morgan fingerprint density at radius 3 is 2.25 bits per heavy atom. The van der Waals surface area contributed by atoms with Crippen LogP contribution in [0.15, 0.2) is 18.2 Å². The second-order valence-electron chi connectivity index (χ2n) is 9.11. The van der Waals surface area contributed by atoms with Crippen LogP contribution in [0.4, 0.5) is 4.39 Å². The molecular formula is C23H33FN2O6. The minimum Gasteiger partial charge on any atom is -0.394 e. The van der Waals surface area contributed by atoms with Crippen molar-refractivity contribution in [2.24, 2.45) is 11.8 Å². The SMILES string of the molecule is CC(C)Cc1cc(C(=O)N[C@@H](CO)C(=O)NC(CC(C)C)C(=O)[C@@]2(CO)CO2)ccc1F. The molecule has 1 unspecified atom stereocenters.